The maximum atomic E-state index is 4.63. The number of rotatable bonds is 3. The highest BCUT2D eigenvalue weighted by Gasteiger charge is 2.20. The van der Waals surface area contributed by atoms with Crippen molar-refractivity contribution in [3.63, 3.8) is 0 Å². The van der Waals surface area contributed by atoms with Crippen LogP contribution in [0.2, 0.25) is 0 Å². The van der Waals surface area contributed by atoms with Crippen LogP contribution in [0.15, 0.2) is 10.7 Å². The molecule has 4 heteroatoms. The van der Waals surface area contributed by atoms with Gasteiger partial charge in [0, 0.05) is 25.6 Å². The third-order valence-electron chi connectivity index (χ3n) is 3.46. The summed E-state index contributed by atoms with van der Waals surface area (Å²) in [5.74, 6) is 2.83. The fourth-order valence-electron chi connectivity index (χ4n) is 2.38. The number of anilines is 1. The fraction of sp³-hybridized carbons (Fsp3) is 0.692. The Morgan fingerprint density at radius 1 is 1.41 bits per heavy atom. The van der Waals surface area contributed by atoms with E-state index in [1.807, 2.05) is 6.07 Å². The molecule has 0 aromatic carbocycles. The van der Waals surface area contributed by atoms with Crippen molar-refractivity contribution in [2.24, 2.45) is 5.92 Å². The summed E-state index contributed by atoms with van der Waals surface area (Å²) in [6.45, 7) is 6.64. The maximum Gasteiger partial charge on any atom is 0.133 e. The van der Waals surface area contributed by atoms with Crippen LogP contribution in [-0.4, -0.2) is 23.1 Å². The fourth-order valence-corrected chi connectivity index (χ4v) is 2.79. The van der Waals surface area contributed by atoms with Crippen molar-refractivity contribution in [3.05, 3.63) is 16.5 Å². The van der Waals surface area contributed by atoms with Crippen molar-refractivity contribution in [2.75, 3.05) is 18.0 Å². The Labute approximate surface area is 112 Å². The molecule has 1 fully saturated rings. The molecule has 0 bridgehead atoms. The third-order valence-corrected chi connectivity index (χ3v) is 3.87. The molecule has 1 saturated heterocycles. The lowest BCUT2D eigenvalue weighted by Crippen LogP contribution is -2.35. The van der Waals surface area contributed by atoms with Crippen LogP contribution in [0.1, 0.15) is 38.9 Å². The number of piperidine rings is 1. The van der Waals surface area contributed by atoms with Crippen LogP contribution in [-0.2, 0) is 6.42 Å². The van der Waals surface area contributed by atoms with Gasteiger partial charge in [-0.1, -0.05) is 20.3 Å². The number of nitrogens with zero attached hydrogens (tertiary/aromatic N) is 3. The molecule has 1 aliphatic rings. The van der Waals surface area contributed by atoms with Crippen LogP contribution in [0.25, 0.3) is 0 Å². The topological polar surface area (TPSA) is 29.0 Å². The van der Waals surface area contributed by atoms with E-state index in [1.54, 1.807) is 0 Å². The molecule has 0 aliphatic carbocycles. The van der Waals surface area contributed by atoms with Gasteiger partial charge in [-0.3, -0.25) is 0 Å². The maximum absolute atomic E-state index is 4.63. The molecule has 0 saturated carbocycles. The first-order valence-electron chi connectivity index (χ1n) is 6.51. The van der Waals surface area contributed by atoms with Gasteiger partial charge in [0.1, 0.15) is 16.2 Å². The van der Waals surface area contributed by atoms with Gasteiger partial charge >= 0.3 is 0 Å². The molecule has 1 aromatic rings. The summed E-state index contributed by atoms with van der Waals surface area (Å²) < 4.78 is 0.901. The number of hydrogen-bond donors (Lipinski definition) is 0. The van der Waals surface area contributed by atoms with Gasteiger partial charge in [0.25, 0.3) is 0 Å². The Morgan fingerprint density at radius 2 is 2.24 bits per heavy atom. The highest BCUT2D eigenvalue weighted by atomic mass is 79.9. The summed E-state index contributed by atoms with van der Waals surface area (Å²) in [6, 6.07) is 2.04. The smallest absolute Gasteiger partial charge is 0.133 e. The lowest BCUT2D eigenvalue weighted by Gasteiger charge is -2.33. The van der Waals surface area contributed by atoms with E-state index in [1.165, 1.54) is 19.3 Å². The second kappa shape index (κ2) is 5.80. The Morgan fingerprint density at radius 3 is 2.94 bits per heavy atom. The average molecular weight is 298 g/mol. The molecule has 1 atom stereocenters. The van der Waals surface area contributed by atoms with Gasteiger partial charge in [-0.25, -0.2) is 9.97 Å². The van der Waals surface area contributed by atoms with Gasteiger partial charge in [-0.15, -0.1) is 0 Å². The predicted molar refractivity (Wildman–Crippen MR) is 74.3 cm³/mol. The van der Waals surface area contributed by atoms with Crippen LogP contribution in [0.4, 0.5) is 5.82 Å². The summed E-state index contributed by atoms with van der Waals surface area (Å²) in [7, 11) is 0. The summed E-state index contributed by atoms with van der Waals surface area (Å²) >= 11 is 3.47. The van der Waals surface area contributed by atoms with E-state index in [2.05, 4.69) is 44.6 Å². The Bertz CT molecular complexity index is 381. The summed E-state index contributed by atoms with van der Waals surface area (Å²) in [6.07, 6.45) is 4.79. The standard InChI is InChI=1S/C13H20BrN3/c1-3-10-6-5-7-17(9-10)13-8-11(14)15-12(4-2)16-13/h8,10H,3-7,9H2,1-2H3. The van der Waals surface area contributed by atoms with Gasteiger partial charge in [0.15, 0.2) is 0 Å². The quantitative estimate of drug-likeness (QED) is 0.801. The molecular weight excluding hydrogens is 278 g/mol. The largest absolute Gasteiger partial charge is 0.356 e. The summed E-state index contributed by atoms with van der Waals surface area (Å²) in [4.78, 5) is 11.4. The number of halogens is 1. The SMILES string of the molecule is CCc1nc(Br)cc(N2CCCC(CC)C2)n1. The first-order chi connectivity index (χ1) is 8.22. The van der Waals surface area contributed by atoms with Crippen molar-refractivity contribution in [1.29, 1.82) is 0 Å². The van der Waals surface area contributed by atoms with Crippen molar-refractivity contribution >= 4 is 21.7 Å². The Kier molecular flexibility index (Phi) is 4.37. The first-order valence-corrected chi connectivity index (χ1v) is 7.30. The van der Waals surface area contributed by atoms with Crippen LogP contribution in [0.3, 0.4) is 0 Å². The molecule has 2 rings (SSSR count). The van der Waals surface area contributed by atoms with Crippen molar-refractivity contribution in [2.45, 2.75) is 39.5 Å². The zero-order chi connectivity index (χ0) is 12.3. The van der Waals surface area contributed by atoms with Crippen molar-refractivity contribution < 1.29 is 0 Å². The molecular formula is C13H20BrN3. The molecule has 0 amide bonds. The highest BCUT2D eigenvalue weighted by molar-refractivity contribution is 9.10. The summed E-state index contributed by atoms with van der Waals surface area (Å²) in [5.41, 5.74) is 0. The normalized spacial score (nSPS) is 20.6. The van der Waals surface area contributed by atoms with E-state index in [9.17, 15) is 0 Å². The molecule has 3 nitrogen and oxygen atoms in total. The Hall–Kier alpha value is -0.640. The summed E-state index contributed by atoms with van der Waals surface area (Å²) in [5, 5.41) is 0. The number of aromatic nitrogens is 2. The minimum Gasteiger partial charge on any atom is -0.356 e. The van der Waals surface area contributed by atoms with E-state index in [0.717, 1.165) is 41.7 Å². The van der Waals surface area contributed by atoms with Gasteiger partial charge in [-0.05, 0) is 34.7 Å². The van der Waals surface area contributed by atoms with E-state index in [-0.39, 0.29) is 0 Å². The van der Waals surface area contributed by atoms with Crippen LogP contribution >= 0.6 is 15.9 Å². The second-order valence-corrected chi connectivity index (χ2v) is 5.49. The van der Waals surface area contributed by atoms with Crippen molar-refractivity contribution in [1.82, 2.24) is 9.97 Å². The van der Waals surface area contributed by atoms with Crippen LogP contribution < -0.4 is 4.90 Å². The predicted octanol–water partition coefficient (Wildman–Crippen LogP) is 3.43. The molecule has 0 N–H and O–H groups in total. The Balaban J connectivity index is 2.18. The second-order valence-electron chi connectivity index (χ2n) is 4.68. The minimum atomic E-state index is 0.822. The van der Waals surface area contributed by atoms with E-state index in [0.29, 0.717) is 0 Å². The molecule has 1 unspecified atom stereocenters. The van der Waals surface area contributed by atoms with Crippen molar-refractivity contribution in [3.8, 4) is 0 Å². The molecule has 94 valence electrons. The van der Waals surface area contributed by atoms with Crippen LogP contribution in [0, 0.1) is 5.92 Å². The number of hydrogen-bond acceptors (Lipinski definition) is 3. The third kappa shape index (κ3) is 3.18. The van der Waals surface area contributed by atoms with E-state index >= 15 is 0 Å². The zero-order valence-electron chi connectivity index (χ0n) is 10.6. The van der Waals surface area contributed by atoms with E-state index < -0.39 is 0 Å². The van der Waals surface area contributed by atoms with Crippen LogP contribution in [0.5, 0.6) is 0 Å². The number of aryl methyl sites for hydroxylation is 1. The lowest BCUT2D eigenvalue weighted by atomic mass is 9.96. The molecule has 1 aliphatic heterocycles. The minimum absolute atomic E-state index is 0.822. The monoisotopic (exact) mass is 297 g/mol. The average Bonchev–Trinajstić information content (AvgIpc) is 2.38. The van der Waals surface area contributed by atoms with Gasteiger partial charge < -0.3 is 4.90 Å². The van der Waals surface area contributed by atoms with Gasteiger partial charge in [-0.2, -0.15) is 0 Å². The molecule has 2 heterocycles. The molecule has 0 spiro atoms. The van der Waals surface area contributed by atoms with Gasteiger partial charge in [0.2, 0.25) is 0 Å². The highest BCUT2D eigenvalue weighted by Crippen LogP contribution is 2.25. The molecule has 17 heavy (non-hydrogen) atoms. The van der Waals surface area contributed by atoms with E-state index in [4.69, 9.17) is 0 Å². The molecule has 1 aromatic heterocycles. The van der Waals surface area contributed by atoms with Gasteiger partial charge in [0.05, 0.1) is 0 Å². The molecule has 0 radical (unpaired) electrons. The first kappa shape index (κ1) is 12.8. The lowest BCUT2D eigenvalue weighted by molar-refractivity contribution is 0.402. The zero-order valence-corrected chi connectivity index (χ0v) is 12.2.